The first kappa shape index (κ1) is 13.9. The first-order valence-corrected chi connectivity index (χ1v) is 6.41. The van der Waals surface area contributed by atoms with E-state index in [4.69, 9.17) is 5.11 Å². The fraction of sp³-hybridized carbons (Fsp3) is 0.600. The summed E-state index contributed by atoms with van der Waals surface area (Å²) < 4.78 is 36.7. The summed E-state index contributed by atoms with van der Waals surface area (Å²) in [7, 11) is 0. The molecule has 1 aliphatic rings. The number of rotatable bonds is 2. The number of nitrogens with zero attached hydrogens (tertiary/aromatic N) is 3. The fourth-order valence-corrected chi connectivity index (χ4v) is 2.80. The van der Waals surface area contributed by atoms with Gasteiger partial charge >= 0.3 is 12.3 Å². The van der Waals surface area contributed by atoms with Crippen LogP contribution in [0.1, 0.15) is 4.88 Å². The molecule has 1 aromatic heterocycles. The Labute approximate surface area is 111 Å². The number of anilines is 1. The number of piperazine rings is 1. The van der Waals surface area contributed by atoms with E-state index >= 15 is 0 Å². The van der Waals surface area contributed by atoms with E-state index < -0.39 is 18.7 Å². The van der Waals surface area contributed by atoms with Gasteiger partial charge in [-0.1, -0.05) is 0 Å². The molecule has 0 spiro atoms. The van der Waals surface area contributed by atoms with Gasteiger partial charge in [0.2, 0.25) is 0 Å². The molecular formula is C10H12F3N3O2S. The zero-order valence-electron chi connectivity index (χ0n) is 9.85. The molecule has 0 saturated carbocycles. The van der Waals surface area contributed by atoms with Crippen molar-refractivity contribution >= 4 is 22.6 Å². The van der Waals surface area contributed by atoms with Crippen LogP contribution in [0, 0.1) is 0 Å². The van der Waals surface area contributed by atoms with Gasteiger partial charge in [-0.25, -0.2) is 9.78 Å². The van der Waals surface area contributed by atoms with E-state index in [1.54, 1.807) is 0 Å². The second-order valence-corrected chi connectivity index (χ2v) is 5.25. The molecule has 1 amide bonds. The van der Waals surface area contributed by atoms with Crippen LogP contribution in [0.15, 0.2) is 6.20 Å². The zero-order valence-corrected chi connectivity index (χ0v) is 10.7. The third-order valence-corrected chi connectivity index (χ3v) is 3.79. The molecule has 2 heterocycles. The number of aromatic nitrogens is 1. The van der Waals surface area contributed by atoms with Gasteiger partial charge in [0.1, 0.15) is 0 Å². The summed E-state index contributed by atoms with van der Waals surface area (Å²) in [4.78, 5) is 18.0. The molecule has 19 heavy (non-hydrogen) atoms. The minimum Gasteiger partial charge on any atom is -0.465 e. The highest BCUT2D eigenvalue weighted by atomic mass is 32.1. The van der Waals surface area contributed by atoms with E-state index in [9.17, 15) is 18.0 Å². The first-order chi connectivity index (χ1) is 8.85. The molecule has 2 rings (SSSR count). The van der Waals surface area contributed by atoms with Crippen LogP contribution in [0.25, 0.3) is 0 Å². The van der Waals surface area contributed by atoms with Crippen LogP contribution in [-0.4, -0.2) is 53.4 Å². The van der Waals surface area contributed by atoms with Crippen molar-refractivity contribution in [2.75, 3.05) is 31.1 Å². The van der Waals surface area contributed by atoms with Crippen molar-refractivity contribution in [1.82, 2.24) is 9.88 Å². The van der Waals surface area contributed by atoms with Crippen LogP contribution < -0.4 is 4.90 Å². The summed E-state index contributed by atoms with van der Waals surface area (Å²) in [5.74, 6) is 0. The van der Waals surface area contributed by atoms with Crippen LogP contribution in [0.5, 0.6) is 0 Å². The van der Waals surface area contributed by atoms with E-state index in [-0.39, 0.29) is 4.88 Å². The summed E-state index contributed by atoms with van der Waals surface area (Å²) in [6, 6.07) is 0. The van der Waals surface area contributed by atoms with Crippen molar-refractivity contribution in [3.8, 4) is 0 Å². The van der Waals surface area contributed by atoms with E-state index in [0.717, 1.165) is 11.3 Å². The molecule has 0 aromatic carbocycles. The van der Waals surface area contributed by atoms with Crippen molar-refractivity contribution in [3.63, 3.8) is 0 Å². The maximum atomic E-state index is 12.2. The molecule has 1 N–H and O–H groups in total. The number of halogens is 3. The summed E-state index contributed by atoms with van der Waals surface area (Å²) >= 11 is 1.00. The number of hydrogen-bond donors (Lipinski definition) is 1. The van der Waals surface area contributed by atoms with Gasteiger partial charge in [0.15, 0.2) is 5.13 Å². The van der Waals surface area contributed by atoms with Crippen molar-refractivity contribution < 1.29 is 23.1 Å². The normalized spacial score (nSPS) is 16.8. The third-order valence-electron chi connectivity index (χ3n) is 2.74. The third kappa shape index (κ3) is 3.72. The number of alkyl halides is 3. The average Bonchev–Trinajstić information content (AvgIpc) is 2.75. The van der Waals surface area contributed by atoms with Gasteiger partial charge < -0.3 is 14.9 Å². The van der Waals surface area contributed by atoms with Crippen LogP contribution >= 0.6 is 11.3 Å². The molecule has 1 fully saturated rings. The van der Waals surface area contributed by atoms with Gasteiger partial charge in [-0.15, -0.1) is 11.3 Å². The number of hydrogen-bond acceptors (Lipinski definition) is 4. The van der Waals surface area contributed by atoms with Gasteiger partial charge in [0.25, 0.3) is 0 Å². The van der Waals surface area contributed by atoms with Crippen molar-refractivity contribution in [2.45, 2.75) is 12.6 Å². The monoisotopic (exact) mass is 295 g/mol. The number of carboxylic acid groups (broad SMARTS) is 1. The summed E-state index contributed by atoms with van der Waals surface area (Å²) in [6.07, 6.45) is -4.95. The van der Waals surface area contributed by atoms with Gasteiger partial charge in [0, 0.05) is 37.3 Å². The molecule has 0 radical (unpaired) electrons. The number of carbonyl (C=O) groups is 1. The summed E-state index contributed by atoms with van der Waals surface area (Å²) in [6.45, 7) is 1.57. The van der Waals surface area contributed by atoms with Gasteiger partial charge in [0.05, 0.1) is 6.42 Å². The molecule has 0 bridgehead atoms. The molecule has 0 unspecified atom stereocenters. The smallest absolute Gasteiger partial charge is 0.407 e. The molecule has 9 heteroatoms. The topological polar surface area (TPSA) is 56.7 Å². The molecule has 0 atom stereocenters. The van der Waals surface area contributed by atoms with Gasteiger partial charge in [-0.2, -0.15) is 13.2 Å². The number of amides is 1. The van der Waals surface area contributed by atoms with E-state index in [1.807, 2.05) is 4.90 Å². The SMILES string of the molecule is O=C(O)N1CCN(c2ncc(CC(F)(F)F)s2)CC1. The minimum atomic E-state index is -4.23. The predicted octanol–water partition coefficient (Wildman–Crippen LogP) is 2.05. The molecular weight excluding hydrogens is 283 g/mol. The minimum absolute atomic E-state index is 0.170. The maximum Gasteiger partial charge on any atom is 0.407 e. The fourth-order valence-electron chi connectivity index (χ4n) is 1.81. The molecule has 0 aliphatic carbocycles. The van der Waals surface area contributed by atoms with Gasteiger partial charge in [-0.05, 0) is 0 Å². The van der Waals surface area contributed by atoms with E-state index in [1.165, 1.54) is 11.1 Å². The van der Waals surface area contributed by atoms with Crippen LogP contribution in [-0.2, 0) is 6.42 Å². The maximum absolute atomic E-state index is 12.2. The summed E-state index contributed by atoms with van der Waals surface area (Å²) in [5.41, 5.74) is 0. The lowest BCUT2D eigenvalue weighted by Gasteiger charge is -2.32. The van der Waals surface area contributed by atoms with Crippen LogP contribution in [0.2, 0.25) is 0 Å². The predicted molar refractivity (Wildman–Crippen MR) is 63.7 cm³/mol. The molecule has 1 saturated heterocycles. The quantitative estimate of drug-likeness (QED) is 0.907. The van der Waals surface area contributed by atoms with Crippen molar-refractivity contribution in [3.05, 3.63) is 11.1 Å². The lowest BCUT2D eigenvalue weighted by atomic mass is 10.3. The highest BCUT2D eigenvalue weighted by Crippen LogP contribution is 2.29. The molecule has 106 valence electrons. The average molecular weight is 295 g/mol. The first-order valence-electron chi connectivity index (χ1n) is 5.59. The highest BCUT2D eigenvalue weighted by Gasteiger charge is 2.29. The van der Waals surface area contributed by atoms with Gasteiger partial charge in [-0.3, -0.25) is 0 Å². The highest BCUT2D eigenvalue weighted by molar-refractivity contribution is 7.15. The lowest BCUT2D eigenvalue weighted by molar-refractivity contribution is -0.126. The Bertz CT molecular complexity index is 455. The lowest BCUT2D eigenvalue weighted by Crippen LogP contribution is -2.48. The van der Waals surface area contributed by atoms with Crippen molar-refractivity contribution in [2.24, 2.45) is 0 Å². The summed E-state index contributed by atoms with van der Waals surface area (Å²) in [5, 5.41) is 9.31. The second kappa shape index (κ2) is 5.24. The Balaban J connectivity index is 1.95. The Kier molecular flexibility index (Phi) is 3.83. The molecule has 1 aliphatic heterocycles. The standard InChI is InChI=1S/C10H12F3N3O2S/c11-10(12,13)5-7-6-14-8(19-7)15-1-3-16(4-2-15)9(17)18/h6H,1-5H2,(H,17,18). The molecule has 5 nitrogen and oxygen atoms in total. The Morgan fingerprint density at radius 3 is 2.53 bits per heavy atom. The van der Waals surface area contributed by atoms with Crippen LogP contribution in [0.3, 0.4) is 0 Å². The molecule has 1 aromatic rings. The largest absolute Gasteiger partial charge is 0.465 e. The van der Waals surface area contributed by atoms with E-state index in [0.29, 0.717) is 31.3 Å². The zero-order chi connectivity index (χ0) is 14.0. The number of thiazole rings is 1. The Hall–Kier alpha value is -1.51. The van der Waals surface area contributed by atoms with Crippen LogP contribution in [0.4, 0.5) is 23.1 Å². The van der Waals surface area contributed by atoms with Crippen molar-refractivity contribution in [1.29, 1.82) is 0 Å². The Morgan fingerprint density at radius 2 is 2.00 bits per heavy atom. The van der Waals surface area contributed by atoms with E-state index in [2.05, 4.69) is 4.98 Å². The Morgan fingerprint density at radius 1 is 1.37 bits per heavy atom. The second-order valence-electron chi connectivity index (χ2n) is 4.16.